The molecule has 12 heavy (non-hydrogen) atoms. The normalized spacial score (nSPS) is 21.3. The highest BCUT2D eigenvalue weighted by Crippen LogP contribution is 2.21. The van der Waals surface area contributed by atoms with Gasteiger partial charge in [-0.2, -0.15) is 0 Å². The molecule has 1 atom stereocenters. The van der Waals surface area contributed by atoms with E-state index in [0.717, 1.165) is 24.2 Å². The van der Waals surface area contributed by atoms with Crippen LogP contribution >= 0.6 is 0 Å². The number of fused-ring (bicyclic) bond motifs is 1. The lowest BCUT2D eigenvalue weighted by molar-refractivity contribution is 0.621. The van der Waals surface area contributed by atoms with Crippen LogP contribution in [-0.2, 0) is 6.42 Å². The minimum atomic E-state index is -0.197. The van der Waals surface area contributed by atoms with Crippen molar-refractivity contribution in [3.05, 3.63) is 29.6 Å². The Morgan fingerprint density at radius 3 is 3.17 bits per heavy atom. The molecule has 0 spiro atoms. The molecule has 0 amide bonds. The highest BCUT2D eigenvalue weighted by Gasteiger charge is 2.14. The zero-order valence-electron chi connectivity index (χ0n) is 6.68. The molecule has 3 N–H and O–H groups in total. The highest BCUT2D eigenvalue weighted by molar-refractivity contribution is 5.53. The Bertz CT molecular complexity index is 299. The van der Waals surface area contributed by atoms with Crippen LogP contribution in [0.25, 0.3) is 0 Å². The summed E-state index contributed by atoms with van der Waals surface area (Å²) in [4.78, 5) is 0. The van der Waals surface area contributed by atoms with Crippen LogP contribution in [0.3, 0.4) is 0 Å². The zero-order valence-corrected chi connectivity index (χ0v) is 6.68. The summed E-state index contributed by atoms with van der Waals surface area (Å²) >= 11 is 0. The van der Waals surface area contributed by atoms with Gasteiger partial charge in [-0.3, -0.25) is 0 Å². The van der Waals surface area contributed by atoms with Crippen LogP contribution in [0.15, 0.2) is 18.2 Å². The smallest absolute Gasteiger partial charge is 0.125 e. The summed E-state index contributed by atoms with van der Waals surface area (Å²) in [5.41, 5.74) is 7.72. The first-order valence-electron chi connectivity index (χ1n) is 4.03. The van der Waals surface area contributed by atoms with Gasteiger partial charge in [0.05, 0.1) is 0 Å². The molecule has 1 unspecified atom stereocenters. The van der Waals surface area contributed by atoms with Crippen LogP contribution in [0.1, 0.15) is 5.56 Å². The molecular formula is C9H11FN2. The Morgan fingerprint density at radius 1 is 1.50 bits per heavy atom. The van der Waals surface area contributed by atoms with E-state index in [2.05, 4.69) is 5.32 Å². The van der Waals surface area contributed by atoms with Crippen molar-refractivity contribution in [2.45, 2.75) is 12.5 Å². The molecule has 2 rings (SSSR count). The summed E-state index contributed by atoms with van der Waals surface area (Å²) in [5.74, 6) is -0.197. The molecule has 0 bridgehead atoms. The minimum Gasteiger partial charge on any atom is -0.383 e. The van der Waals surface area contributed by atoms with Crippen LogP contribution in [0.5, 0.6) is 0 Å². The van der Waals surface area contributed by atoms with Gasteiger partial charge in [0.25, 0.3) is 0 Å². The van der Waals surface area contributed by atoms with E-state index < -0.39 is 0 Å². The summed E-state index contributed by atoms with van der Waals surface area (Å²) in [6, 6.07) is 4.93. The minimum absolute atomic E-state index is 0.156. The van der Waals surface area contributed by atoms with Crippen molar-refractivity contribution in [3.63, 3.8) is 0 Å². The third-order valence-corrected chi connectivity index (χ3v) is 2.11. The predicted octanol–water partition coefficient (Wildman–Crippen LogP) is 1.12. The average molecular weight is 166 g/mol. The zero-order chi connectivity index (χ0) is 8.55. The first-order chi connectivity index (χ1) is 5.75. The molecule has 1 aromatic rings. The van der Waals surface area contributed by atoms with Crippen LogP contribution in [0.2, 0.25) is 0 Å². The molecule has 3 heteroatoms. The highest BCUT2D eigenvalue weighted by atomic mass is 19.1. The summed E-state index contributed by atoms with van der Waals surface area (Å²) in [6.07, 6.45) is 0.836. The fraction of sp³-hybridized carbons (Fsp3) is 0.333. The molecule has 0 aliphatic carbocycles. The van der Waals surface area contributed by atoms with Crippen LogP contribution in [-0.4, -0.2) is 12.6 Å². The van der Waals surface area contributed by atoms with Crippen molar-refractivity contribution in [1.82, 2.24) is 0 Å². The quantitative estimate of drug-likeness (QED) is 0.606. The number of halogens is 1. The van der Waals surface area contributed by atoms with Gasteiger partial charge in [-0.05, 0) is 24.1 Å². The van der Waals surface area contributed by atoms with Crippen LogP contribution < -0.4 is 11.1 Å². The van der Waals surface area contributed by atoms with Crippen LogP contribution in [0.4, 0.5) is 10.1 Å². The van der Waals surface area contributed by atoms with E-state index in [9.17, 15) is 4.39 Å². The molecule has 1 aromatic carbocycles. The Labute approximate surface area is 70.6 Å². The number of rotatable bonds is 0. The Hall–Kier alpha value is -1.09. The van der Waals surface area contributed by atoms with Crippen molar-refractivity contribution in [3.8, 4) is 0 Å². The third kappa shape index (κ3) is 1.28. The molecule has 0 fully saturated rings. The molecule has 0 saturated heterocycles. The summed E-state index contributed by atoms with van der Waals surface area (Å²) < 4.78 is 12.7. The first kappa shape index (κ1) is 7.55. The van der Waals surface area contributed by atoms with Gasteiger partial charge >= 0.3 is 0 Å². The molecule has 2 nitrogen and oxygen atoms in total. The average Bonchev–Trinajstić information content (AvgIpc) is 2.05. The third-order valence-electron chi connectivity index (χ3n) is 2.11. The van der Waals surface area contributed by atoms with Crippen molar-refractivity contribution >= 4 is 5.69 Å². The lowest BCUT2D eigenvalue weighted by Gasteiger charge is -2.22. The number of nitrogens with two attached hydrogens (primary N) is 1. The largest absolute Gasteiger partial charge is 0.383 e. The van der Waals surface area contributed by atoms with E-state index in [4.69, 9.17) is 5.73 Å². The monoisotopic (exact) mass is 166 g/mol. The van der Waals surface area contributed by atoms with E-state index in [-0.39, 0.29) is 11.9 Å². The Morgan fingerprint density at radius 2 is 2.33 bits per heavy atom. The van der Waals surface area contributed by atoms with Gasteiger partial charge in [0.1, 0.15) is 5.82 Å². The van der Waals surface area contributed by atoms with Crippen LogP contribution in [0, 0.1) is 5.82 Å². The van der Waals surface area contributed by atoms with E-state index in [1.54, 1.807) is 6.07 Å². The summed E-state index contributed by atoms with van der Waals surface area (Å²) in [5, 5.41) is 3.09. The van der Waals surface area contributed by atoms with Gasteiger partial charge in [-0.25, -0.2) is 4.39 Å². The second-order valence-electron chi connectivity index (χ2n) is 3.15. The number of hydrogen-bond acceptors (Lipinski definition) is 2. The van der Waals surface area contributed by atoms with Crippen molar-refractivity contribution < 1.29 is 4.39 Å². The molecule has 0 aromatic heterocycles. The first-order valence-corrected chi connectivity index (χ1v) is 4.03. The number of nitrogens with one attached hydrogen (secondary N) is 1. The van der Waals surface area contributed by atoms with E-state index in [0.29, 0.717) is 0 Å². The summed E-state index contributed by atoms with van der Waals surface area (Å²) in [7, 11) is 0. The number of benzene rings is 1. The van der Waals surface area contributed by atoms with Gasteiger partial charge in [0.15, 0.2) is 0 Å². The Balaban J connectivity index is 2.37. The SMILES string of the molecule is NC1CNc2cc(F)ccc2C1. The second-order valence-corrected chi connectivity index (χ2v) is 3.15. The standard InChI is InChI=1S/C9H11FN2/c10-7-2-1-6-3-8(11)5-12-9(6)4-7/h1-2,4,8,12H,3,5,11H2. The second kappa shape index (κ2) is 2.75. The molecule has 0 saturated carbocycles. The van der Waals surface area contributed by atoms with E-state index in [1.807, 2.05) is 0 Å². The molecule has 1 aliphatic rings. The fourth-order valence-electron chi connectivity index (χ4n) is 1.49. The molecule has 0 radical (unpaired) electrons. The fourth-order valence-corrected chi connectivity index (χ4v) is 1.49. The molecular weight excluding hydrogens is 155 g/mol. The van der Waals surface area contributed by atoms with Crippen molar-refractivity contribution in [2.24, 2.45) is 5.73 Å². The number of anilines is 1. The maximum absolute atomic E-state index is 12.7. The maximum atomic E-state index is 12.7. The molecule has 1 heterocycles. The molecule has 64 valence electrons. The number of hydrogen-bond donors (Lipinski definition) is 2. The van der Waals surface area contributed by atoms with Gasteiger partial charge in [-0.15, -0.1) is 0 Å². The molecule has 1 aliphatic heterocycles. The van der Waals surface area contributed by atoms with E-state index in [1.165, 1.54) is 12.1 Å². The van der Waals surface area contributed by atoms with Gasteiger partial charge in [-0.1, -0.05) is 6.07 Å². The van der Waals surface area contributed by atoms with Gasteiger partial charge in [0.2, 0.25) is 0 Å². The van der Waals surface area contributed by atoms with E-state index >= 15 is 0 Å². The Kier molecular flexibility index (Phi) is 1.73. The predicted molar refractivity (Wildman–Crippen MR) is 46.6 cm³/mol. The van der Waals surface area contributed by atoms with Gasteiger partial charge in [0, 0.05) is 18.3 Å². The maximum Gasteiger partial charge on any atom is 0.125 e. The summed E-state index contributed by atoms with van der Waals surface area (Å²) in [6.45, 7) is 0.733. The van der Waals surface area contributed by atoms with Crippen molar-refractivity contribution in [1.29, 1.82) is 0 Å². The van der Waals surface area contributed by atoms with Gasteiger partial charge < -0.3 is 11.1 Å². The topological polar surface area (TPSA) is 38.0 Å². The lowest BCUT2D eigenvalue weighted by atomic mass is 10.0. The lowest BCUT2D eigenvalue weighted by Crippen LogP contribution is -2.35. The van der Waals surface area contributed by atoms with Crippen molar-refractivity contribution in [2.75, 3.05) is 11.9 Å².